The van der Waals surface area contributed by atoms with E-state index in [1.165, 1.54) is 30.3 Å². The molecule has 1 aliphatic heterocycles. The second kappa shape index (κ2) is 11.5. The summed E-state index contributed by atoms with van der Waals surface area (Å²) in [6.45, 7) is 9.84. The zero-order valence-electron chi connectivity index (χ0n) is 21.1. The molecule has 1 aromatic carbocycles. The standard InChI is InChI=1S/C22H28N4O6S.C2H6/c1-22(2,3)32-21(28)26-11-5-6-16(13-26)33(29,30)15-9-7-14(8-10-15)17-12-24-19(23)18(25-17)20(27)31-4;1-2/h7-10,12,16H,5-6,11,13H2,1-4H3,(H2,23,24);1-2H3. The SMILES string of the molecule is CC.COC(=O)c1nc(-c2ccc(S(=O)(=O)C3CCCN(C(=O)OC(C)(C)C)C3)cc2)cnc1N. The fourth-order valence-corrected chi connectivity index (χ4v) is 5.23. The molecule has 2 heterocycles. The van der Waals surface area contributed by atoms with Gasteiger partial charge in [-0.2, -0.15) is 0 Å². The number of hydrogen-bond acceptors (Lipinski definition) is 9. The van der Waals surface area contributed by atoms with Gasteiger partial charge in [0.2, 0.25) is 0 Å². The number of likely N-dealkylation sites (tertiary alicyclic amines) is 1. The molecule has 0 bridgehead atoms. The van der Waals surface area contributed by atoms with Crippen molar-refractivity contribution in [2.24, 2.45) is 0 Å². The lowest BCUT2D eigenvalue weighted by molar-refractivity contribution is 0.0218. The van der Waals surface area contributed by atoms with Crippen LogP contribution in [0.4, 0.5) is 10.6 Å². The number of amides is 1. The van der Waals surface area contributed by atoms with Crippen molar-refractivity contribution in [2.75, 3.05) is 25.9 Å². The number of aromatic nitrogens is 2. The molecule has 35 heavy (non-hydrogen) atoms. The van der Waals surface area contributed by atoms with E-state index in [1.54, 1.807) is 32.9 Å². The third-order valence-electron chi connectivity index (χ3n) is 5.13. The minimum atomic E-state index is -3.68. The number of esters is 1. The zero-order chi connectivity index (χ0) is 26.4. The topological polar surface area (TPSA) is 142 Å². The van der Waals surface area contributed by atoms with Crippen molar-refractivity contribution in [1.29, 1.82) is 0 Å². The number of rotatable bonds is 4. The molecule has 1 aromatic heterocycles. The third kappa shape index (κ3) is 6.91. The highest BCUT2D eigenvalue weighted by Gasteiger charge is 2.35. The van der Waals surface area contributed by atoms with Crippen molar-refractivity contribution >= 4 is 27.7 Å². The maximum atomic E-state index is 13.2. The minimum Gasteiger partial charge on any atom is -0.464 e. The van der Waals surface area contributed by atoms with Crippen molar-refractivity contribution in [1.82, 2.24) is 14.9 Å². The fraction of sp³-hybridized carbons (Fsp3) is 0.500. The number of nitrogens with two attached hydrogens (primary N) is 1. The first-order valence-electron chi connectivity index (χ1n) is 11.5. The molecule has 1 unspecified atom stereocenters. The van der Waals surface area contributed by atoms with E-state index in [0.29, 0.717) is 30.6 Å². The van der Waals surface area contributed by atoms with E-state index in [9.17, 15) is 18.0 Å². The largest absolute Gasteiger partial charge is 0.464 e. The van der Waals surface area contributed by atoms with Gasteiger partial charge in [0, 0.05) is 18.7 Å². The molecule has 0 spiro atoms. The number of carbonyl (C=O) groups is 2. The van der Waals surface area contributed by atoms with Crippen molar-refractivity contribution in [3.8, 4) is 11.3 Å². The highest BCUT2D eigenvalue weighted by Crippen LogP contribution is 2.27. The number of hydrogen-bond donors (Lipinski definition) is 1. The maximum absolute atomic E-state index is 13.2. The normalized spacial score (nSPS) is 16.1. The van der Waals surface area contributed by atoms with Crippen LogP contribution >= 0.6 is 0 Å². The molecule has 1 aliphatic rings. The van der Waals surface area contributed by atoms with Gasteiger partial charge in [-0.1, -0.05) is 26.0 Å². The van der Waals surface area contributed by atoms with Crippen molar-refractivity contribution < 1.29 is 27.5 Å². The summed E-state index contributed by atoms with van der Waals surface area (Å²) in [5, 5.41) is -0.730. The van der Waals surface area contributed by atoms with Gasteiger partial charge in [-0.25, -0.2) is 28.0 Å². The number of nitrogens with zero attached hydrogens (tertiary/aromatic N) is 3. The Bertz CT molecular complexity index is 1140. The van der Waals surface area contributed by atoms with Gasteiger partial charge in [-0.05, 0) is 45.7 Å². The lowest BCUT2D eigenvalue weighted by atomic mass is 10.1. The number of methoxy groups -OCH3 is 1. The number of carbonyl (C=O) groups excluding carboxylic acids is 2. The number of nitrogen functional groups attached to an aromatic ring is 1. The Morgan fingerprint density at radius 1 is 1.14 bits per heavy atom. The Hall–Kier alpha value is -3.21. The van der Waals surface area contributed by atoms with Crippen molar-refractivity contribution in [3.05, 3.63) is 36.2 Å². The van der Waals surface area contributed by atoms with Gasteiger partial charge in [-0.3, -0.25) is 0 Å². The molecule has 10 nitrogen and oxygen atoms in total. The molecule has 11 heteroatoms. The summed E-state index contributed by atoms with van der Waals surface area (Å²) in [4.78, 5) is 33.9. The van der Waals surface area contributed by atoms with Crippen molar-refractivity contribution in [2.45, 2.75) is 63.2 Å². The Labute approximate surface area is 206 Å². The predicted molar refractivity (Wildman–Crippen MR) is 133 cm³/mol. The number of ether oxygens (including phenoxy) is 2. The Balaban J connectivity index is 0.00000210. The molecule has 0 radical (unpaired) electrons. The van der Waals surface area contributed by atoms with Gasteiger partial charge < -0.3 is 20.1 Å². The molecule has 1 atom stereocenters. The molecule has 1 amide bonds. The Morgan fingerprint density at radius 2 is 1.77 bits per heavy atom. The van der Waals surface area contributed by atoms with Crippen LogP contribution in [-0.2, 0) is 19.3 Å². The van der Waals surface area contributed by atoms with Crippen LogP contribution in [0, 0.1) is 0 Å². The van der Waals surface area contributed by atoms with Crippen LogP contribution in [0.15, 0.2) is 35.4 Å². The van der Waals surface area contributed by atoms with Crippen LogP contribution in [0.5, 0.6) is 0 Å². The first-order valence-corrected chi connectivity index (χ1v) is 13.0. The highest BCUT2D eigenvalue weighted by atomic mass is 32.2. The van der Waals surface area contributed by atoms with Crippen LogP contribution in [0.1, 0.15) is 57.9 Å². The maximum Gasteiger partial charge on any atom is 0.410 e. The number of benzene rings is 1. The van der Waals surface area contributed by atoms with Crippen LogP contribution in [0.25, 0.3) is 11.3 Å². The summed E-state index contributed by atoms with van der Waals surface area (Å²) >= 11 is 0. The lowest BCUT2D eigenvalue weighted by Gasteiger charge is -2.33. The predicted octanol–water partition coefficient (Wildman–Crippen LogP) is 3.71. The smallest absolute Gasteiger partial charge is 0.410 e. The van der Waals surface area contributed by atoms with Gasteiger partial charge >= 0.3 is 12.1 Å². The molecule has 1 saturated heterocycles. The molecule has 2 N–H and O–H groups in total. The molecule has 0 aliphatic carbocycles. The van der Waals surface area contributed by atoms with E-state index in [-0.39, 0.29) is 23.0 Å². The minimum absolute atomic E-state index is 0.0587. The van der Waals surface area contributed by atoms with E-state index >= 15 is 0 Å². The first-order chi connectivity index (χ1) is 16.4. The number of sulfone groups is 1. The zero-order valence-corrected chi connectivity index (χ0v) is 21.9. The molecule has 3 rings (SSSR count). The lowest BCUT2D eigenvalue weighted by Crippen LogP contribution is -2.47. The van der Waals surface area contributed by atoms with Gasteiger partial charge in [-0.15, -0.1) is 0 Å². The van der Waals surface area contributed by atoms with E-state index < -0.39 is 32.8 Å². The molecular formula is C24H34N4O6S. The van der Waals surface area contributed by atoms with Gasteiger partial charge in [0.1, 0.15) is 5.60 Å². The van der Waals surface area contributed by atoms with E-state index in [1.807, 2.05) is 13.8 Å². The monoisotopic (exact) mass is 506 g/mol. The average Bonchev–Trinajstić information content (AvgIpc) is 2.84. The van der Waals surface area contributed by atoms with Crippen LogP contribution < -0.4 is 5.73 Å². The summed E-state index contributed by atoms with van der Waals surface area (Å²) in [7, 11) is -2.47. The summed E-state index contributed by atoms with van der Waals surface area (Å²) in [5.74, 6) is -0.774. The molecule has 2 aromatic rings. The second-order valence-electron chi connectivity index (χ2n) is 8.74. The number of piperidine rings is 1. The van der Waals surface area contributed by atoms with Gasteiger partial charge in [0.15, 0.2) is 21.3 Å². The summed E-state index contributed by atoms with van der Waals surface area (Å²) in [6, 6.07) is 6.13. The first kappa shape index (κ1) is 28.0. The fourth-order valence-electron chi connectivity index (χ4n) is 3.48. The summed E-state index contributed by atoms with van der Waals surface area (Å²) in [6.07, 6.45) is 1.90. The summed E-state index contributed by atoms with van der Waals surface area (Å²) < 4.78 is 36.5. The second-order valence-corrected chi connectivity index (χ2v) is 11.0. The van der Waals surface area contributed by atoms with E-state index in [2.05, 4.69) is 14.7 Å². The van der Waals surface area contributed by atoms with Crippen LogP contribution in [0.3, 0.4) is 0 Å². The average molecular weight is 507 g/mol. The van der Waals surface area contributed by atoms with Crippen LogP contribution in [0.2, 0.25) is 0 Å². The quantitative estimate of drug-likeness (QED) is 0.614. The van der Waals surface area contributed by atoms with Crippen LogP contribution in [-0.4, -0.2) is 66.4 Å². The van der Waals surface area contributed by atoms with Crippen molar-refractivity contribution in [3.63, 3.8) is 0 Å². The van der Waals surface area contributed by atoms with E-state index in [0.717, 1.165) is 0 Å². The third-order valence-corrected chi connectivity index (χ3v) is 7.32. The molecule has 1 fully saturated rings. The Kier molecular flexibility index (Phi) is 9.19. The highest BCUT2D eigenvalue weighted by molar-refractivity contribution is 7.92. The van der Waals surface area contributed by atoms with Gasteiger partial charge in [0.05, 0.1) is 29.1 Å². The van der Waals surface area contributed by atoms with Gasteiger partial charge in [0.25, 0.3) is 0 Å². The summed E-state index contributed by atoms with van der Waals surface area (Å²) in [5.41, 5.74) is 5.82. The molecule has 192 valence electrons. The van der Waals surface area contributed by atoms with E-state index in [4.69, 9.17) is 10.5 Å². The molecular weight excluding hydrogens is 472 g/mol. The Morgan fingerprint density at radius 3 is 2.34 bits per heavy atom. The molecule has 0 saturated carbocycles. The number of anilines is 1.